The van der Waals surface area contributed by atoms with Gasteiger partial charge in [0.05, 0.1) is 6.61 Å². The number of ether oxygens (including phenoxy) is 1. The Morgan fingerprint density at radius 2 is 1.88 bits per heavy atom. The molecule has 1 aliphatic heterocycles. The molecule has 0 unspecified atom stereocenters. The number of pyridine rings is 1. The number of rotatable bonds is 7. The molecule has 0 bridgehead atoms. The highest BCUT2D eigenvalue weighted by atomic mass is 32.2. The van der Waals surface area contributed by atoms with Crippen molar-refractivity contribution in [1.29, 1.82) is 0 Å². The summed E-state index contributed by atoms with van der Waals surface area (Å²) in [5.41, 5.74) is 1.13. The normalized spacial score (nSPS) is 15.7. The van der Waals surface area contributed by atoms with Gasteiger partial charge < -0.3 is 4.74 Å². The molecule has 1 aliphatic rings. The van der Waals surface area contributed by atoms with Crippen LogP contribution < -0.4 is 0 Å². The molecular weight excluding hydrogens is 372 g/mol. The summed E-state index contributed by atoms with van der Waals surface area (Å²) in [5, 5.41) is 1.63. The van der Waals surface area contributed by atoms with Crippen LogP contribution in [0.4, 0.5) is 0 Å². The second-order valence-electron chi connectivity index (χ2n) is 6.17. The van der Waals surface area contributed by atoms with Crippen molar-refractivity contribution in [2.75, 3.05) is 19.7 Å². The number of hydrogen-bond donors (Lipinski definition) is 0. The van der Waals surface area contributed by atoms with E-state index in [0.29, 0.717) is 19.5 Å². The lowest BCUT2D eigenvalue weighted by Crippen LogP contribution is -2.36. The molecule has 3 heterocycles. The molecule has 140 valence electrons. The minimum Gasteiger partial charge on any atom is -0.461 e. The van der Waals surface area contributed by atoms with Gasteiger partial charge >= 0.3 is 5.97 Å². The summed E-state index contributed by atoms with van der Waals surface area (Å²) in [6.07, 6.45) is 7.67. The summed E-state index contributed by atoms with van der Waals surface area (Å²) < 4.78 is 32.4. The number of sulfonamides is 1. The topological polar surface area (TPSA) is 76.6 Å². The van der Waals surface area contributed by atoms with E-state index in [0.717, 1.165) is 42.6 Å². The minimum absolute atomic E-state index is 0.0727. The van der Waals surface area contributed by atoms with Crippen LogP contribution >= 0.6 is 11.3 Å². The summed E-state index contributed by atoms with van der Waals surface area (Å²) in [7, 11) is -3.63. The number of carbonyl (C=O) groups excluding carboxylic acids is 1. The van der Waals surface area contributed by atoms with Gasteiger partial charge in [0.15, 0.2) is 0 Å². The third-order valence-corrected chi connectivity index (χ3v) is 7.30. The Hall–Kier alpha value is -1.77. The molecule has 0 aromatic carbocycles. The maximum Gasteiger partial charge on any atom is 0.349 e. The molecule has 3 rings (SSSR count). The highest BCUT2D eigenvalue weighted by molar-refractivity contribution is 7.89. The summed E-state index contributed by atoms with van der Waals surface area (Å²) in [6, 6.07) is 5.34. The van der Waals surface area contributed by atoms with Crippen LogP contribution in [0.3, 0.4) is 0 Å². The van der Waals surface area contributed by atoms with Crippen LogP contribution in [0.15, 0.2) is 40.9 Å². The number of carbonyl (C=O) groups is 1. The fourth-order valence-corrected chi connectivity index (χ4v) is 5.75. The quantitative estimate of drug-likeness (QED) is 0.533. The van der Waals surface area contributed by atoms with E-state index in [1.807, 2.05) is 12.1 Å². The lowest BCUT2D eigenvalue weighted by Gasteiger charge is -2.25. The number of esters is 1. The number of hydrogen-bond acceptors (Lipinski definition) is 6. The molecule has 8 heteroatoms. The van der Waals surface area contributed by atoms with Crippen molar-refractivity contribution in [3.05, 3.63) is 46.4 Å². The summed E-state index contributed by atoms with van der Waals surface area (Å²) in [4.78, 5) is 16.6. The average Bonchev–Trinajstić information content (AvgIpc) is 3.17. The fourth-order valence-electron chi connectivity index (χ4n) is 2.95. The van der Waals surface area contributed by atoms with Crippen LogP contribution in [-0.2, 0) is 21.2 Å². The fraction of sp³-hybridized carbons (Fsp3) is 0.444. The Balaban J connectivity index is 1.59. The van der Waals surface area contributed by atoms with Gasteiger partial charge in [0.25, 0.3) is 0 Å². The molecule has 26 heavy (non-hydrogen) atoms. The van der Waals surface area contributed by atoms with E-state index < -0.39 is 16.0 Å². The molecule has 6 nitrogen and oxygen atoms in total. The van der Waals surface area contributed by atoms with E-state index in [9.17, 15) is 13.2 Å². The van der Waals surface area contributed by atoms with Crippen LogP contribution in [0.1, 0.15) is 40.9 Å². The average molecular weight is 395 g/mol. The van der Waals surface area contributed by atoms with Crippen LogP contribution in [0.5, 0.6) is 0 Å². The molecular formula is C18H22N2O4S2. The Kier molecular flexibility index (Phi) is 6.39. The smallest absolute Gasteiger partial charge is 0.349 e. The van der Waals surface area contributed by atoms with Crippen LogP contribution in [0.25, 0.3) is 0 Å². The Bertz CT molecular complexity index is 828. The first-order valence-electron chi connectivity index (χ1n) is 8.73. The van der Waals surface area contributed by atoms with Gasteiger partial charge in [-0.3, -0.25) is 4.98 Å². The zero-order chi connectivity index (χ0) is 18.4. The first-order valence-corrected chi connectivity index (χ1v) is 11.0. The molecule has 1 saturated heterocycles. The third-order valence-electron chi connectivity index (χ3n) is 4.34. The Morgan fingerprint density at radius 1 is 1.15 bits per heavy atom. The number of thiophene rings is 1. The van der Waals surface area contributed by atoms with Gasteiger partial charge in [0, 0.05) is 25.5 Å². The molecule has 2 aromatic rings. The number of aryl methyl sites for hydroxylation is 1. The molecule has 0 amide bonds. The van der Waals surface area contributed by atoms with Crippen LogP contribution in [-0.4, -0.2) is 43.4 Å². The van der Waals surface area contributed by atoms with Crippen LogP contribution in [0, 0.1) is 0 Å². The molecule has 2 aromatic heterocycles. The predicted octanol–water partition coefficient (Wildman–Crippen LogP) is 3.11. The van der Waals surface area contributed by atoms with Crippen molar-refractivity contribution in [2.45, 2.75) is 37.0 Å². The van der Waals surface area contributed by atoms with Gasteiger partial charge in [-0.2, -0.15) is 4.31 Å². The van der Waals surface area contributed by atoms with E-state index in [1.165, 1.54) is 10.4 Å². The standard InChI is InChI=1S/C18H22N2O4S2/c21-18(24-13-4-5-15-6-9-19-10-7-15)17-16(8-14-25-17)26(22,23)20-11-2-1-3-12-20/h6-10,14H,1-5,11-13H2. The molecule has 0 atom stereocenters. The zero-order valence-corrected chi connectivity index (χ0v) is 16.1. The van der Waals surface area contributed by atoms with Crippen molar-refractivity contribution in [1.82, 2.24) is 9.29 Å². The molecule has 0 aliphatic carbocycles. The SMILES string of the molecule is O=C(OCCCc1ccncc1)c1sccc1S(=O)(=O)N1CCCCC1. The molecule has 0 N–H and O–H groups in total. The van der Waals surface area contributed by atoms with E-state index in [2.05, 4.69) is 4.98 Å². The Morgan fingerprint density at radius 3 is 2.62 bits per heavy atom. The van der Waals surface area contributed by atoms with Gasteiger partial charge in [0.2, 0.25) is 10.0 Å². The van der Waals surface area contributed by atoms with Gasteiger partial charge in [0.1, 0.15) is 9.77 Å². The lowest BCUT2D eigenvalue weighted by atomic mass is 10.1. The lowest BCUT2D eigenvalue weighted by molar-refractivity contribution is 0.0502. The van der Waals surface area contributed by atoms with Gasteiger partial charge in [-0.15, -0.1) is 11.3 Å². The van der Waals surface area contributed by atoms with Crippen molar-refractivity contribution in [3.63, 3.8) is 0 Å². The number of aromatic nitrogens is 1. The predicted molar refractivity (Wildman–Crippen MR) is 99.8 cm³/mol. The summed E-state index contributed by atoms with van der Waals surface area (Å²) >= 11 is 1.11. The van der Waals surface area contributed by atoms with E-state index in [4.69, 9.17) is 4.74 Å². The highest BCUT2D eigenvalue weighted by Gasteiger charge is 2.31. The van der Waals surface area contributed by atoms with E-state index in [-0.39, 0.29) is 16.4 Å². The third kappa shape index (κ3) is 4.49. The maximum atomic E-state index is 12.8. The molecule has 0 spiro atoms. The second kappa shape index (κ2) is 8.75. The van der Waals surface area contributed by atoms with Crippen molar-refractivity contribution < 1.29 is 17.9 Å². The minimum atomic E-state index is -3.63. The zero-order valence-electron chi connectivity index (χ0n) is 14.5. The molecule has 1 fully saturated rings. The number of piperidine rings is 1. The van der Waals surface area contributed by atoms with Crippen molar-refractivity contribution >= 4 is 27.3 Å². The van der Waals surface area contributed by atoms with Gasteiger partial charge in [-0.05, 0) is 54.8 Å². The van der Waals surface area contributed by atoms with Crippen molar-refractivity contribution in [2.24, 2.45) is 0 Å². The molecule has 0 saturated carbocycles. The number of nitrogens with zero attached hydrogens (tertiary/aromatic N) is 2. The summed E-state index contributed by atoms with van der Waals surface area (Å²) in [6.45, 7) is 1.28. The van der Waals surface area contributed by atoms with Crippen LogP contribution in [0.2, 0.25) is 0 Å². The second-order valence-corrected chi connectivity index (χ2v) is 9.00. The monoisotopic (exact) mass is 394 g/mol. The van der Waals surface area contributed by atoms with Gasteiger partial charge in [-0.25, -0.2) is 13.2 Å². The van der Waals surface area contributed by atoms with Crippen molar-refractivity contribution in [3.8, 4) is 0 Å². The first kappa shape index (κ1) is 19.0. The van der Waals surface area contributed by atoms with Gasteiger partial charge in [-0.1, -0.05) is 6.42 Å². The molecule has 0 radical (unpaired) electrons. The first-order chi connectivity index (χ1) is 12.6. The largest absolute Gasteiger partial charge is 0.461 e. The van der Waals surface area contributed by atoms with E-state index >= 15 is 0 Å². The summed E-state index contributed by atoms with van der Waals surface area (Å²) in [5.74, 6) is -0.565. The highest BCUT2D eigenvalue weighted by Crippen LogP contribution is 2.28. The van der Waals surface area contributed by atoms with E-state index in [1.54, 1.807) is 17.8 Å². The Labute approximate surface area is 157 Å². The maximum absolute atomic E-state index is 12.8.